The molecule has 27 heavy (non-hydrogen) atoms. The molecule has 2 amide bonds. The second-order valence-corrected chi connectivity index (χ2v) is 6.94. The zero-order valence-electron chi connectivity index (χ0n) is 14.8. The Bertz CT molecular complexity index is 972. The average molecular weight is 387 g/mol. The van der Waals surface area contributed by atoms with Crippen molar-refractivity contribution in [1.29, 1.82) is 0 Å². The Morgan fingerprint density at radius 2 is 1.96 bits per heavy atom. The molecule has 0 aliphatic rings. The van der Waals surface area contributed by atoms with Crippen LogP contribution in [0.1, 0.15) is 24.9 Å². The molecule has 2 N–H and O–H groups in total. The van der Waals surface area contributed by atoms with E-state index in [1.807, 2.05) is 0 Å². The van der Waals surface area contributed by atoms with Crippen molar-refractivity contribution < 1.29 is 18.7 Å². The first-order valence-electron chi connectivity index (χ1n) is 8.21. The minimum absolute atomic E-state index is 0.0379. The fourth-order valence-electron chi connectivity index (χ4n) is 2.64. The Labute approximate surface area is 159 Å². The summed E-state index contributed by atoms with van der Waals surface area (Å²) in [4.78, 5) is 28.2. The minimum Gasteiger partial charge on any atom is -0.497 e. The molecule has 0 bridgehead atoms. The van der Waals surface area contributed by atoms with Gasteiger partial charge in [-0.2, -0.15) is 0 Å². The molecule has 3 rings (SSSR count). The third kappa shape index (κ3) is 4.79. The maximum Gasteiger partial charge on any atom is 0.228 e. The molecule has 1 aromatic heterocycles. The summed E-state index contributed by atoms with van der Waals surface area (Å²) in [6.45, 7) is 1.40. The Balaban J connectivity index is 1.73. The van der Waals surface area contributed by atoms with Crippen LogP contribution in [-0.4, -0.2) is 23.9 Å². The number of aromatic nitrogens is 1. The van der Waals surface area contributed by atoms with Gasteiger partial charge in [0.25, 0.3) is 0 Å². The quantitative estimate of drug-likeness (QED) is 0.677. The predicted molar refractivity (Wildman–Crippen MR) is 102 cm³/mol. The lowest BCUT2D eigenvalue weighted by Crippen LogP contribution is -2.29. The molecule has 0 unspecified atom stereocenters. The van der Waals surface area contributed by atoms with Crippen molar-refractivity contribution in [1.82, 2.24) is 10.3 Å². The molecule has 3 aromatic rings. The van der Waals surface area contributed by atoms with E-state index in [1.165, 1.54) is 30.4 Å². The zero-order valence-corrected chi connectivity index (χ0v) is 15.6. The number of thiazole rings is 1. The van der Waals surface area contributed by atoms with Gasteiger partial charge in [-0.3, -0.25) is 9.59 Å². The first-order valence-corrected chi connectivity index (χ1v) is 9.03. The monoisotopic (exact) mass is 387 g/mol. The van der Waals surface area contributed by atoms with Crippen molar-refractivity contribution in [3.05, 3.63) is 53.8 Å². The number of fused-ring (bicyclic) bond motifs is 1. The number of nitrogens with one attached hydrogen (secondary N) is 2. The Kier molecular flexibility index (Phi) is 5.66. The highest BCUT2D eigenvalue weighted by molar-refractivity contribution is 7.22. The van der Waals surface area contributed by atoms with Gasteiger partial charge in [-0.05, 0) is 35.9 Å². The maximum absolute atomic E-state index is 13.3. The smallest absolute Gasteiger partial charge is 0.228 e. The summed E-state index contributed by atoms with van der Waals surface area (Å²) in [5.74, 6) is -0.205. The molecule has 140 valence electrons. The second kappa shape index (κ2) is 8.13. The molecule has 1 heterocycles. The SMILES string of the molecule is COc1ccc([C@H](CC(=O)Nc2nc3ccc(F)cc3s2)NC(C)=O)cc1. The van der Waals surface area contributed by atoms with E-state index in [4.69, 9.17) is 4.74 Å². The Hall–Kier alpha value is -3.00. The largest absolute Gasteiger partial charge is 0.497 e. The number of benzene rings is 2. The maximum atomic E-state index is 13.3. The molecular formula is C19H18FN3O3S. The molecule has 0 fully saturated rings. The summed E-state index contributed by atoms with van der Waals surface area (Å²) < 4.78 is 19.1. The molecule has 1 atom stereocenters. The molecular weight excluding hydrogens is 369 g/mol. The summed E-state index contributed by atoms with van der Waals surface area (Å²) in [7, 11) is 1.57. The molecule has 0 saturated heterocycles. The number of methoxy groups -OCH3 is 1. The lowest BCUT2D eigenvalue weighted by molar-refractivity contribution is -0.120. The zero-order chi connectivity index (χ0) is 19.4. The van der Waals surface area contributed by atoms with E-state index in [0.29, 0.717) is 21.1 Å². The van der Waals surface area contributed by atoms with Crippen LogP contribution in [0.25, 0.3) is 10.2 Å². The topological polar surface area (TPSA) is 80.3 Å². The number of nitrogens with zero attached hydrogens (tertiary/aromatic N) is 1. The number of anilines is 1. The standard InChI is InChI=1S/C19H18FN3O3S/c1-11(24)21-16(12-3-6-14(26-2)7-4-12)10-18(25)23-19-22-15-8-5-13(20)9-17(15)27-19/h3-9,16H,10H2,1-2H3,(H,21,24)(H,22,23,25)/t16-/m0/s1. The molecule has 6 nitrogen and oxygen atoms in total. The van der Waals surface area contributed by atoms with Crippen LogP contribution in [0.2, 0.25) is 0 Å². The van der Waals surface area contributed by atoms with Crippen molar-refractivity contribution >= 4 is 38.5 Å². The van der Waals surface area contributed by atoms with Crippen molar-refractivity contribution in [3.8, 4) is 5.75 Å². The van der Waals surface area contributed by atoms with Crippen LogP contribution in [0.4, 0.5) is 9.52 Å². The molecule has 0 saturated carbocycles. The van der Waals surface area contributed by atoms with Gasteiger partial charge in [-0.1, -0.05) is 23.5 Å². The lowest BCUT2D eigenvalue weighted by atomic mass is 10.0. The van der Waals surface area contributed by atoms with E-state index >= 15 is 0 Å². The first kappa shape index (κ1) is 18.8. The van der Waals surface area contributed by atoms with Crippen LogP contribution in [-0.2, 0) is 9.59 Å². The molecule has 0 radical (unpaired) electrons. The van der Waals surface area contributed by atoms with E-state index in [9.17, 15) is 14.0 Å². The molecule has 0 aliphatic heterocycles. The van der Waals surface area contributed by atoms with Crippen LogP contribution in [0.3, 0.4) is 0 Å². The summed E-state index contributed by atoms with van der Waals surface area (Å²) in [6, 6.07) is 10.9. The summed E-state index contributed by atoms with van der Waals surface area (Å²) in [6.07, 6.45) is 0.0379. The molecule has 8 heteroatoms. The van der Waals surface area contributed by atoms with Gasteiger partial charge in [-0.15, -0.1) is 0 Å². The van der Waals surface area contributed by atoms with Crippen LogP contribution >= 0.6 is 11.3 Å². The van der Waals surface area contributed by atoms with Gasteiger partial charge in [0.05, 0.1) is 29.8 Å². The minimum atomic E-state index is -0.486. The van der Waals surface area contributed by atoms with E-state index < -0.39 is 6.04 Å². The summed E-state index contributed by atoms with van der Waals surface area (Å²) >= 11 is 1.19. The highest BCUT2D eigenvalue weighted by Crippen LogP contribution is 2.27. The molecule has 0 aliphatic carbocycles. The second-order valence-electron chi connectivity index (χ2n) is 5.91. The van der Waals surface area contributed by atoms with Gasteiger partial charge in [0.15, 0.2) is 5.13 Å². The van der Waals surface area contributed by atoms with Gasteiger partial charge in [0.1, 0.15) is 11.6 Å². The lowest BCUT2D eigenvalue weighted by Gasteiger charge is -2.18. The third-order valence-corrected chi connectivity index (χ3v) is 4.82. The van der Waals surface area contributed by atoms with Crippen LogP contribution in [0.15, 0.2) is 42.5 Å². The van der Waals surface area contributed by atoms with Crippen LogP contribution in [0.5, 0.6) is 5.75 Å². The predicted octanol–water partition coefficient (Wildman–Crippen LogP) is 3.65. The van der Waals surface area contributed by atoms with Gasteiger partial charge in [0.2, 0.25) is 11.8 Å². The number of rotatable bonds is 6. The number of carbonyl (C=O) groups is 2. The normalized spacial score (nSPS) is 11.8. The fourth-order valence-corrected chi connectivity index (χ4v) is 3.55. The highest BCUT2D eigenvalue weighted by Gasteiger charge is 2.18. The number of halogens is 1. The third-order valence-electron chi connectivity index (χ3n) is 3.88. The first-order chi connectivity index (χ1) is 12.9. The van der Waals surface area contributed by atoms with Gasteiger partial charge >= 0.3 is 0 Å². The number of hydrogen-bond donors (Lipinski definition) is 2. The molecule has 2 aromatic carbocycles. The molecule has 0 spiro atoms. The fraction of sp³-hybridized carbons (Fsp3) is 0.211. The summed E-state index contributed by atoms with van der Waals surface area (Å²) in [5.41, 5.74) is 1.40. The van der Waals surface area contributed by atoms with E-state index in [2.05, 4.69) is 15.6 Å². The Morgan fingerprint density at radius 1 is 1.22 bits per heavy atom. The Morgan fingerprint density at radius 3 is 2.63 bits per heavy atom. The van der Waals surface area contributed by atoms with Crippen LogP contribution in [0, 0.1) is 5.82 Å². The summed E-state index contributed by atoms with van der Waals surface area (Å²) in [5, 5.41) is 5.88. The van der Waals surface area contributed by atoms with Crippen molar-refractivity contribution in [2.45, 2.75) is 19.4 Å². The van der Waals surface area contributed by atoms with E-state index in [0.717, 1.165) is 5.56 Å². The average Bonchev–Trinajstić information content (AvgIpc) is 3.02. The number of amides is 2. The van der Waals surface area contributed by atoms with Gasteiger partial charge in [-0.25, -0.2) is 9.37 Å². The van der Waals surface area contributed by atoms with Crippen LogP contribution < -0.4 is 15.4 Å². The number of ether oxygens (including phenoxy) is 1. The van der Waals surface area contributed by atoms with Crippen molar-refractivity contribution in [2.75, 3.05) is 12.4 Å². The van der Waals surface area contributed by atoms with Crippen molar-refractivity contribution in [3.63, 3.8) is 0 Å². The van der Waals surface area contributed by atoms with E-state index in [-0.39, 0.29) is 24.1 Å². The number of hydrogen-bond acceptors (Lipinski definition) is 5. The van der Waals surface area contributed by atoms with Gasteiger partial charge < -0.3 is 15.4 Å². The van der Waals surface area contributed by atoms with E-state index in [1.54, 1.807) is 37.4 Å². The highest BCUT2D eigenvalue weighted by atomic mass is 32.1. The van der Waals surface area contributed by atoms with Gasteiger partial charge in [0, 0.05) is 6.92 Å². The number of carbonyl (C=O) groups excluding carboxylic acids is 2. The van der Waals surface area contributed by atoms with Crippen molar-refractivity contribution in [2.24, 2.45) is 0 Å².